The summed E-state index contributed by atoms with van der Waals surface area (Å²) in [5, 5.41) is 9.64. The molecule has 2 aromatic rings. The second kappa shape index (κ2) is 11.8. The van der Waals surface area contributed by atoms with Gasteiger partial charge in [-0.2, -0.15) is 0 Å². The summed E-state index contributed by atoms with van der Waals surface area (Å²) in [7, 11) is 0. The van der Waals surface area contributed by atoms with Crippen LogP contribution < -0.4 is 16.4 Å². The van der Waals surface area contributed by atoms with E-state index >= 15 is 0 Å². The highest BCUT2D eigenvalue weighted by Gasteiger charge is 2.34. The lowest BCUT2D eigenvalue weighted by atomic mass is 9.83. The van der Waals surface area contributed by atoms with Gasteiger partial charge in [-0.25, -0.2) is 4.79 Å². The molecule has 3 atom stereocenters. The number of hydrogen-bond acceptors (Lipinski definition) is 6. The average molecular weight is 471 g/mol. The monoisotopic (exact) mass is 470 g/mol. The molecule has 1 aromatic carbocycles. The molecule has 1 fully saturated rings. The van der Waals surface area contributed by atoms with Gasteiger partial charge in [0.15, 0.2) is 11.6 Å². The van der Waals surface area contributed by atoms with Crippen molar-refractivity contribution in [1.82, 2.24) is 20.4 Å². The fraction of sp³-hybridized carbons (Fsp3) is 0.560. The van der Waals surface area contributed by atoms with Crippen LogP contribution in [0.4, 0.5) is 0 Å². The lowest BCUT2D eigenvalue weighted by molar-refractivity contribution is -0.132. The van der Waals surface area contributed by atoms with Gasteiger partial charge in [-0.15, -0.1) is 0 Å². The Balaban J connectivity index is 1.71. The molecule has 9 heteroatoms. The number of carbonyl (C=O) groups excluding carboxylic acids is 3. The van der Waals surface area contributed by atoms with Crippen molar-refractivity contribution in [3.8, 4) is 0 Å². The predicted octanol–water partition coefficient (Wildman–Crippen LogP) is 2.49. The molecule has 0 unspecified atom stereocenters. The standard InChI is InChI=1S/C25H34N4O5/c1-4-22-28-34-25(33)29(22)15-21(30)20(14-16(2)3)27-24(32)18-12-8-9-13-19(18)26-23(31)17-10-6-5-7-11-17/h5-7,10-11,16,18-20H,4,8-9,12-15H2,1-3H3,(H,26,31)(H,27,32)/t18-,19+,20+/m1/s1. The Morgan fingerprint density at radius 2 is 1.85 bits per heavy atom. The number of nitrogens with zero attached hydrogens (tertiary/aromatic N) is 2. The van der Waals surface area contributed by atoms with E-state index in [0.29, 0.717) is 37.1 Å². The van der Waals surface area contributed by atoms with E-state index in [0.717, 1.165) is 12.8 Å². The van der Waals surface area contributed by atoms with E-state index < -0.39 is 17.7 Å². The number of rotatable bonds is 10. The van der Waals surface area contributed by atoms with Gasteiger partial charge in [0.1, 0.15) is 0 Å². The molecular formula is C25H34N4O5. The molecule has 3 rings (SSSR count). The van der Waals surface area contributed by atoms with Gasteiger partial charge < -0.3 is 10.6 Å². The molecule has 0 saturated heterocycles. The molecule has 0 radical (unpaired) electrons. The lowest BCUT2D eigenvalue weighted by Gasteiger charge is -2.32. The molecule has 0 bridgehead atoms. The Morgan fingerprint density at radius 1 is 1.15 bits per heavy atom. The zero-order chi connectivity index (χ0) is 24.7. The molecule has 2 N–H and O–H groups in total. The zero-order valence-corrected chi connectivity index (χ0v) is 20.1. The van der Waals surface area contributed by atoms with Crippen LogP contribution in [0.3, 0.4) is 0 Å². The highest BCUT2D eigenvalue weighted by Crippen LogP contribution is 2.25. The first-order valence-electron chi connectivity index (χ1n) is 12.0. The summed E-state index contributed by atoms with van der Waals surface area (Å²) in [4.78, 5) is 51.1. The number of hydrogen-bond donors (Lipinski definition) is 2. The van der Waals surface area contributed by atoms with E-state index in [1.807, 2.05) is 26.8 Å². The van der Waals surface area contributed by atoms with Crippen LogP contribution in [0.1, 0.15) is 69.1 Å². The van der Waals surface area contributed by atoms with Gasteiger partial charge in [0.25, 0.3) is 5.91 Å². The maximum absolute atomic E-state index is 13.3. The minimum atomic E-state index is -0.744. The Kier molecular flexibility index (Phi) is 8.79. The Hall–Kier alpha value is -3.23. The maximum atomic E-state index is 13.3. The number of nitrogens with one attached hydrogen (secondary N) is 2. The van der Waals surface area contributed by atoms with Crippen LogP contribution in [0.2, 0.25) is 0 Å². The van der Waals surface area contributed by atoms with Crippen LogP contribution in [0, 0.1) is 11.8 Å². The van der Waals surface area contributed by atoms with Gasteiger partial charge in [0.05, 0.1) is 18.5 Å². The highest BCUT2D eigenvalue weighted by molar-refractivity contribution is 5.95. The number of ketones is 1. The molecule has 1 saturated carbocycles. The van der Waals surface area contributed by atoms with Gasteiger partial charge in [0.2, 0.25) is 5.91 Å². The van der Waals surface area contributed by atoms with Gasteiger partial charge in [-0.1, -0.05) is 57.0 Å². The first-order valence-corrected chi connectivity index (χ1v) is 12.0. The van der Waals surface area contributed by atoms with Crippen molar-refractivity contribution < 1.29 is 18.9 Å². The molecule has 184 valence electrons. The van der Waals surface area contributed by atoms with Crippen LogP contribution in [0.25, 0.3) is 0 Å². The van der Waals surface area contributed by atoms with E-state index in [2.05, 4.69) is 20.3 Å². The molecule has 34 heavy (non-hydrogen) atoms. The van der Waals surface area contributed by atoms with Crippen molar-refractivity contribution in [3.63, 3.8) is 0 Å². The fourth-order valence-corrected chi connectivity index (χ4v) is 4.45. The topological polar surface area (TPSA) is 123 Å². The van der Waals surface area contributed by atoms with Gasteiger partial charge in [0, 0.05) is 18.0 Å². The molecule has 2 amide bonds. The number of Topliss-reactive ketones (excluding diaryl/α,β-unsaturated/α-hetero) is 1. The van der Waals surface area contributed by atoms with Crippen LogP contribution in [0.15, 0.2) is 39.6 Å². The van der Waals surface area contributed by atoms with Crippen molar-refractivity contribution in [2.45, 2.75) is 77.9 Å². The molecule has 1 heterocycles. The van der Waals surface area contributed by atoms with Crippen molar-refractivity contribution in [3.05, 3.63) is 52.3 Å². The number of amides is 2. The molecule has 1 aromatic heterocycles. The van der Waals surface area contributed by atoms with E-state index in [1.165, 1.54) is 4.57 Å². The van der Waals surface area contributed by atoms with E-state index in [4.69, 9.17) is 0 Å². The normalized spacial score (nSPS) is 18.9. The SMILES string of the molecule is CCc1noc(=O)n1CC(=O)[C@H](CC(C)C)NC(=O)[C@@H]1CCCC[C@@H]1NC(=O)c1ccccc1. The molecule has 1 aliphatic carbocycles. The van der Waals surface area contributed by atoms with Crippen LogP contribution in [-0.2, 0) is 22.6 Å². The molecule has 9 nitrogen and oxygen atoms in total. The fourth-order valence-electron chi connectivity index (χ4n) is 4.45. The number of aromatic nitrogens is 2. The Morgan fingerprint density at radius 3 is 2.53 bits per heavy atom. The van der Waals surface area contributed by atoms with E-state index in [-0.39, 0.29) is 36.1 Å². The van der Waals surface area contributed by atoms with Crippen molar-refractivity contribution in [2.75, 3.05) is 0 Å². The third-order valence-corrected chi connectivity index (χ3v) is 6.26. The van der Waals surface area contributed by atoms with E-state index in [1.54, 1.807) is 24.3 Å². The van der Waals surface area contributed by atoms with Crippen molar-refractivity contribution in [2.24, 2.45) is 11.8 Å². The minimum Gasteiger partial charge on any atom is -0.349 e. The van der Waals surface area contributed by atoms with Gasteiger partial charge in [-0.05, 0) is 37.3 Å². The average Bonchev–Trinajstić information content (AvgIpc) is 3.18. The van der Waals surface area contributed by atoms with Crippen LogP contribution >= 0.6 is 0 Å². The third-order valence-electron chi connectivity index (χ3n) is 6.26. The number of benzene rings is 1. The maximum Gasteiger partial charge on any atom is 0.442 e. The zero-order valence-electron chi connectivity index (χ0n) is 20.1. The highest BCUT2D eigenvalue weighted by atomic mass is 16.5. The number of aryl methyl sites for hydroxylation is 1. The summed E-state index contributed by atoms with van der Waals surface area (Å²) in [6.07, 6.45) is 4.04. The lowest BCUT2D eigenvalue weighted by Crippen LogP contribution is -2.52. The minimum absolute atomic E-state index is 0.152. The quantitative estimate of drug-likeness (QED) is 0.550. The smallest absolute Gasteiger partial charge is 0.349 e. The van der Waals surface area contributed by atoms with Gasteiger partial charge in [-0.3, -0.25) is 23.5 Å². The summed E-state index contributed by atoms with van der Waals surface area (Å²) in [6, 6.07) is 7.87. The first-order chi connectivity index (χ1) is 16.3. The van der Waals surface area contributed by atoms with E-state index in [9.17, 15) is 19.2 Å². The third kappa shape index (κ3) is 6.42. The predicted molar refractivity (Wildman–Crippen MR) is 126 cm³/mol. The Labute approximate surface area is 199 Å². The molecule has 0 aliphatic heterocycles. The molecular weight excluding hydrogens is 436 g/mol. The molecule has 0 spiro atoms. The summed E-state index contributed by atoms with van der Waals surface area (Å²) in [5.41, 5.74) is 0.547. The summed E-state index contributed by atoms with van der Waals surface area (Å²) in [5.74, 6) is -1.29. The van der Waals surface area contributed by atoms with Crippen LogP contribution in [0.5, 0.6) is 0 Å². The Bertz CT molecular complexity index is 1040. The first kappa shape index (κ1) is 25.4. The second-order valence-corrected chi connectivity index (χ2v) is 9.30. The van der Waals surface area contributed by atoms with Crippen molar-refractivity contribution >= 4 is 17.6 Å². The summed E-state index contributed by atoms with van der Waals surface area (Å²) >= 11 is 0. The number of carbonyl (C=O) groups is 3. The van der Waals surface area contributed by atoms with Gasteiger partial charge >= 0.3 is 5.76 Å². The molecule has 1 aliphatic rings. The van der Waals surface area contributed by atoms with Crippen LogP contribution in [-0.4, -0.2) is 39.4 Å². The summed E-state index contributed by atoms with van der Waals surface area (Å²) < 4.78 is 5.90. The van der Waals surface area contributed by atoms with Crippen molar-refractivity contribution in [1.29, 1.82) is 0 Å². The second-order valence-electron chi connectivity index (χ2n) is 9.30. The summed E-state index contributed by atoms with van der Waals surface area (Å²) in [6.45, 7) is 5.55. The largest absolute Gasteiger partial charge is 0.442 e.